The van der Waals surface area contributed by atoms with Crippen LogP contribution in [0.4, 0.5) is 11.4 Å². The Labute approximate surface area is 183 Å². The first kappa shape index (κ1) is 20.4. The average Bonchev–Trinajstić information content (AvgIpc) is 2.63. The smallest absolute Gasteiger partial charge is 0.257 e. The van der Waals surface area contributed by atoms with Crippen LogP contribution in [0.3, 0.4) is 0 Å². The lowest BCUT2D eigenvalue weighted by Gasteiger charge is -2.32. The van der Waals surface area contributed by atoms with Crippen LogP contribution in [0.25, 0.3) is 0 Å². The van der Waals surface area contributed by atoms with Crippen LogP contribution in [0, 0.1) is 9.49 Å². The molecule has 3 rings (SSSR count). The molecule has 0 aliphatic carbocycles. The number of piperidine rings is 1. The fourth-order valence-electron chi connectivity index (χ4n) is 3.06. The number of hydrogen-bond acceptors (Lipinski definition) is 3. The summed E-state index contributed by atoms with van der Waals surface area (Å²) in [6.45, 7) is 4.34. The minimum Gasteiger partial charge on any atom is -0.370 e. The number of hydrogen-bond donors (Lipinski definition) is 2. The van der Waals surface area contributed by atoms with Crippen LogP contribution >= 0.6 is 46.4 Å². The van der Waals surface area contributed by atoms with Crippen LogP contribution in [-0.4, -0.2) is 24.1 Å². The number of halogens is 2. The van der Waals surface area contributed by atoms with E-state index in [0.29, 0.717) is 10.6 Å². The van der Waals surface area contributed by atoms with Crippen LogP contribution in [0.15, 0.2) is 42.5 Å². The van der Waals surface area contributed by atoms with Crippen LogP contribution in [-0.2, 0) is 0 Å². The maximum absolute atomic E-state index is 12.3. The Morgan fingerprint density at radius 1 is 1.22 bits per heavy atom. The molecule has 2 aromatic carbocycles. The Morgan fingerprint density at radius 3 is 2.63 bits per heavy atom. The predicted molar refractivity (Wildman–Crippen MR) is 125 cm³/mol. The summed E-state index contributed by atoms with van der Waals surface area (Å²) in [6, 6.07) is 13.1. The van der Waals surface area contributed by atoms with E-state index in [1.165, 1.54) is 12.8 Å². The second-order valence-electron chi connectivity index (χ2n) is 6.75. The number of nitrogens with zero attached hydrogens (tertiary/aromatic N) is 1. The molecule has 4 nitrogen and oxygen atoms in total. The van der Waals surface area contributed by atoms with Crippen LogP contribution in [0.5, 0.6) is 0 Å². The summed E-state index contributed by atoms with van der Waals surface area (Å²) in [7, 11) is 0. The van der Waals surface area contributed by atoms with Crippen molar-refractivity contribution < 1.29 is 4.79 Å². The molecule has 2 N–H and O–H groups in total. The van der Waals surface area contributed by atoms with Gasteiger partial charge in [-0.1, -0.05) is 24.6 Å². The topological polar surface area (TPSA) is 44.4 Å². The molecule has 7 heteroatoms. The normalized spacial score (nSPS) is 14.7. The molecule has 1 saturated heterocycles. The number of nitrogens with one attached hydrogen (secondary N) is 2. The highest BCUT2D eigenvalue weighted by Gasteiger charge is 2.18. The molecule has 27 heavy (non-hydrogen) atoms. The largest absolute Gasteiger partial charge is 0.370 e. The van der Waals surface area contributed by atoms with Crippen LogP contribution in [0.2, 0.25) is 5.02 Å². The standard InChI is InChI=1S/C20H21ClIN3OS/c1-13-7-9-25(10-8-13)18-6-5-16(12-17(18)21)23-20(27)24-19(26)14-3-2-4-15(22)11-14/h2-6,11-13H,7-10H2,1H3,(H2,23,24,26,27). The molecule has 1 heterocycles. The molecule has 0 spiro atoms. The van der Waals surface area contributed by atoms with Crippen molar-refractivity contribution in [3.63, 3.8) is 0 Å². The second kappa shape index (κ2) is 9.21. The zero-order valence-electron chi connectivity index (χ0n) is 15.0. The fourth-order valence-corrected chi connectivity index (χ4v) is 4.11. The number of rotatable bonds is 3. The van der Waals surface area contributed by atoms with Crippen molar-refractivity contribution in [2.45, 2.75) is 19.8 Å². The van der Waals surface area contributed by atoms with Crippen LogP contribution in [0.1, 0.15) is 30.1 Å². The molecular formula is C20H21ClIN3OS. The summed E-state index contributed by atoms with van der Waals surface area (Å²) in [5.41, 5.74) is 2.36. The van der Waals surface area contributed by atoms with E-state index in [0.717, 1.165) is 34.0 Å². The maximum Gasteiger partial charge on any atom is 0.257 e. The molecule has 1 aliphatic heterocycles. The first-order valence-corrected chi connectivity index (χ1v) is 10.7. The summed E-state index contributed by atoms with van der Waals surface area (Å²) >= 11 is 13.9. The molecule has 1 amide bonds. The Balaban J connectivity index is 1.61. The predicted octanol–water partition coefficient (Wildman–Crippen LogP) is 5.31. The van der Waals surface area contributed by atoms with Gasteiger partial charge in [-0.15, -0.1) is 0 Å². The number of thiocarbonyl (C=S) groups is 1. The zero-order valence-corrected chi connectivity index (χ0v) is 18.7. The summed E-state index contributed by atoms with van der Waals surface area (Å²) in [4.78, 5) is 14.6. The lowest BCUT2D eigenvalue weighted by Crippen LogP contribution is -2.34. The first-order valence-electron chi connectivity index (χ1n) is 8.85. The molecule has 0 atom stereocenters. The Morgan fingerprint density at radius 2 is 1.96 bits per heavy atom. The molecule has 2 aromatic rings. The van der Waals surface area contributed by atoms with Gasteiger partial charge in [0.1, 0.15) is 0 Å². The minimum absolute atomic E-state index is 0.240. The van der Waals surface area contributed by atoms with Crippen molar-refractivity contribution in [2.75, 3.05) is 23.3 Å². The SMILES string of the molecule is CC1CCN(c2ccc(NC(=S)NC(=O)c3cccc(I)c3)cc2Cl)CC1. The van der Waals surface area contributed by atoms with Crippen molar-refractivity contribution >= 4 is 68.8 Å². The molecular weight excluding hydrogens is 493 g/mol. The molecule has 1 aliphatic rings. The van der Waals surface area contributed by atoms with Gasteiger partial charge in [-0.2, -0.15) is 0 Å². The number of anilines is 2. The van der Waals surface area contributed by atoms with Gasteiger partial charge >= 0.3 is 0 Å². The molecule has 0 unspecified atom stereocenters. The van der Waals surface area contributed by atoms with Gasteiger partial charge in [-0.25, -0.2) is 0 Å². The highest BCUT2D eigenvalue weighted by atomic mass is 127. The van der Waals surface area contributed by atoms with E-state index in [2.05, 4.69) is 45.0 Å². The van der Waals surface area contributed by atoms with Gasteiger partial charge in [-0.05, 0) is 90.0 Å². The van der Waals surface area contributed by atoms with Gasteiger partial charge in [-0.3, -0.25) is 10.1 Å². The average molecular weight is 514 g/mol. The molecule has 0 bridgehead atoms. The van der Waals surface area contributed by atoms with E-state index in [-0.39, 0.29) is 11.0 Å². The maximum atomic E-state index is 12.3. The highest BCUT2D eigenvalue weighted by Crippen LogP contribution is 2.31. The monoisotopic (exact) mass is 513 g/mol. The molecule has 1 fully saturated rings. The molecule has 142 valence electrons. The quantitative estimate of drug-likeness (QED) is 0.431. The lowest BCUT2D eigenvalue weighted by molar-refractivity contribution is 0.0977. The third kappa shape index (κ3) is 5.56. The van der Waals surface area contributed by atoms with E-state index in [1.807, 2.05) is 36.4 Å². The highest BCUT2D eigenvalue weighted by molar-refractivity contribution is 14.1. The van der Waals surface area contributed by atoms with Gasteiger partial charge < -0.3 is 10.2 Å². The summed E-state index contributed by atoms with van der Waals surface area (Å²) < 4.78 is 0.994. The Bertz CT molecular complexity index is 853. The second-order valence-corrected chi connectivity index (χ2v) is 8.82. The van der Waals surface area contributed by atoms with E-state index in [1.54, 1.807) is 6.07 Å². The van der Waals surface area contributed by atoms with E-state index >= 15 is 0 Å². The molecule has 0 saturated carbocycles. The van der Waals surface area contributed by atoms with E-state index < -0.39 is 0 Å². The zero-order chi connectivity index (χ0) is 19.4. The van der Waals surface area contributed by atoms with Gasteiger partial charge in [0.2, 0.25) is 0 Å². The molecule has 0 aromatic heterocycles. The minimum atomic E-state index is -0.240. The van der Waals surface area contributed by atoms with Crippen molar-refractivity contribution in [1.82, 2.24) is 5.32 Å². The third-order valence-corrected chi connectivity index (χ3v) is 5.82. The summed E-state index contributed by atoms with van der Waals surface area (Å²) in [5, 5.41) is 6.66. The summed E-state index contributed by atoms with van der Waals surface area (Å²) in [5.74, 6) is 0.533. The first-order chi connectivity index (χ1) is 12.9. The van der Waals surface area contributed by atoms with Crippen molar-refractivity contribution in [2.24, 2.45) is 5.92 Å². The third-order valence-electron chi connectivity index (χ3n) is 4.64. The summed E-state index contributed by atoms with van der Waals surface area (Å²) in [6.07, 6.45) is 2.37. The number of carbonyl (C=O) groups excluding carboxylic acids is 1. The Kier molecular flexibility index (Phi) is 6.94. The van der Waals surface area contributed by atoms with Crippen molar-refractivity contribution in [3.05, 3.63) is 56.6 Å². The van der Waals surface area contributed by atoms with Gasteiger partial charge in [0.15, 0.2) is 5.11 Å². The molecule has 0 radical (unpaired) electrons. The Hall–Kier alpha value is -1.38. The van der Waals surface area contributed by atoms with E-state index in [9.17, 15) is 4.79 Å². The van der Waals surface area contributed by atoms with E-state index in [4.69, 9.17) is 23.8 Å². The van der Waals surface area contributed by atoms with Gasteiger partial charge in [0.05, 0.1) is 10.7 Å². The number of benzene rings is 2. The number of amides is 1. The fraction of sp³-hybridized carbons (Fsp3) is 0.300. The van der Waals surface area contributed by atoms with Crippen molar-refractivity contribution in [1.29, 1.82) is 0 Å². The van der Waals surface area contributed by atoms with Gasteiger partial charge in [0.25, 0.3) is 5.91 Å². The van der Waals surface area contributed by atoms with Crippen LogP contribution < -0.4 is 15.5 Å². The number of carbonyl (C=O) groups is 1. The van der Waals surface area contributed by atoms with Gasteiger partial charge in [0, 0.05) is 27.9 Å². The lowest BCUT2D eigenvalue weighted by atomic mass is 9.99. The van der Waals surface area contributed by atoms with Crippen molar-refractivity contribution in [3.8, 4) is 0 Å².